The molecule has 2 heterocycles. The lowest BCUT2D eigenvalue weighted by atomic mass is 10.3. The molecule has 7 heteroatoms. The molecule has 1 amide bonds. The summed E-state index contributed by atoms with van der Waals surface area (Å²) in [6.07, 6.45) is 2.35. The normalized spacial score (nSPS) is 15.9. The average molecular weight is 251 g/mol. The molecule has 0 radical (unpaired) electrons. The van der Waals surface area contributed by atoms with E-state index in [9.17, 15) is 4.79 Å². The van der Waals surface area contributed by atoms with E-state index in [0.29, 0.717) is 23.9 Å². The first kappa shape index (κ1) is 12.4. The Hall–Kier alpha value is -2.05. The largest absolute Gasteiger partial charge is 0.490 e. The lowest BCUT2D eigenvalue weighted by Crippen LogP contribution is -2.33. The second-order valence-corrected chi connectivity index (χ2v) is 3.95. The summed E-state index contributed by atoms with van der Waals surface area (Å²) in [6.45, 7) is 1.74. The summed E-state index contributed by atoms with van der Waals surface area (Å²) in [5.74, 6) is 1.83. The van der Waals surface area contributed by atoms with Crippen molar-refractivity contribution < 1.29 is 9.53 Å². The van der Waals surface area contributed by atoms with E-state index in [4.69, 9.17) is 4.74 Å². The Bertz CT molecular complexity index is 437. The number of carbonyl (C=O) groups excluding carboxylic acids is 1. The minimum absolute atomic E-state index is 0.000766. The number of methoxy groups -OCH3 is 1. The number of hydrogen-bond donors (Lipinski definition) is 2. The van der Waals surface area contributed by atoms with Crippen LogP contribution in [0.1, 0.15) is 6.42 Å². The van der Waals surface area contributed by atoms with Crippen LogP contribution in [0.15, 0.2) is 6.33 Å². The Balaban J connectivity index is 2.33. The molecular formula is C11H17N5O2. The highest BCUT2D eigenvalue weighted by Gasteiger charge is 2.21. The molecule has 2 N–H and O–H groups in total. The quantitative estimate of drug-likeness (QED) is 0.778. The van der Waals surface area contributed by atoms with Gasteiger partial charge in [-0.2, -0.15) is 0 Å². The Morgan fingerprint density at radius 3 is 3.06 bits per heavy atom. The van der Waals surface area contributed by atoms with Crippen LogP contribution in [0, 0.1) is 0 Å². The SMILES string of the molecule is CNc1ncnc(N2CCCNC(=O)C2)c1OC. The van der Waals surface area contributed by atoms with Gasteiger partial charge in [0.15, 0.2) is 11.6 Å². The maximum absolute atomic E-state index is 11.6. The van der Waals surface area contributed by atoms with Crippen LogP contribution in [0.25, 0.3) is 0 Å². The molecule has 0 saturated carbocycles. The number of nitrogens with zero attached hydrogens (tertiary/aromatic N) is 3. The van der Waals surface area contributed by atoms with Crippen molar-refractivity contribution in [2.24, 2.45) is 0 Å². The molecule has 18 heavy (non-hydrogen) atoms. The molecule has 7 nitrogen and oxygen atoms in total. The molecule has 0 bridgehead atoms. The van der Waals surface area contributed by atoms with Crippen molar-refractivity contribution in [2.75, 3.05) is 44.0 Å². The average Bonchev–Trinajstić information content (AvgIpc) is 2.62. The van der Waals surface area contributed by atoms with E-state index in [2.05, 4.69) is 20.6 Å². The summed E-state index contributed by atoms with van der Waals surface area (Å²) in [5, 5.41) is 5.78. The van der Waals surface area contributed by atoms with Gasteiger partial charge in [0.25, 0.3) is 0 Å². The maximum atomic E-state index is 11.6. The molecule has 98 valence electrons. The van der Waals surface area contributed by atoms with Crippen molar-refractivity contribution in [2.45, 2.75) is 6.42 Å². The predicted molar refractivity (Wildman–Crippen MR) is 68.0 cm³/mol. The second kappa shape index (κ2) is 5.52. The van der Waals surface area contributed by atoms with Gasteiger partial charge >= 0.3 is 0 Å². The smallest absolute Gasteiger partial charge is 0.239 e. The zero-order valence-electron chi connectivity index (χ0n) is 10.6. The number of amides is 1. The van der Waals surface area contributed by atoms with E-state index in [1.54, 1.807) is 14.2 Å². The van der Waals surface area contributed by atoms with Crippen molar-refractivity contribution in [3.05, 3.63) is 6.33 Å². The van der Waals surface area contributed by atoms with Crippen LogP contribution in [-0.4, -0.2) is 49.7 Å². The van der Waals surface area contributed by atoms with Crippen molar-refractivity contribution in [3.63, 3.8) is 0 Å². The highest BCUT2D eigenvalue weighted by molar-refractivity contribution is 5.82. The molecule has 1 aromatic rings. The molecule has 1 aromatic heterocycles. The summed E-state index contributed by atoms with van der Waals surface area (Å²) in [6, 6.07) is 0. The van der Waals surface area contributed by atoms with Crippen LogP contribution in [0.3, 0.4) is 0 Å². The zero-order valence-corrected chi connectivity index (χ0v) is 10.6. The van der Waals surface area contributed by atoms with Gasteiger partial charge in [0, 0.05) is 20.1 Å². The van der Waals surface area contributed by atoms with Gasteiger partial charge in [-0.15, -0.1) is 0 Å². The number of hydrogen-bond acceptors (Lipinski definition) is 6. The lowest BCUT2D eigenvalue weighted by molar-refractivity contribution is -0.119. The zero-order chi connectivity index (χ0) is 13.0. The fourth-order valence-corrected chi connectivity index (χ4v) is 1.94. The van der Waals surface area contributed by atoms with Crippen LogP contribution in [0.2, 0.25) is 0 Å². The number of rotatable bonds is 3. The standard InChI is InChI=1S/C11H17N5O2/c1-12-10-9(18-2)11(15-7-14-10)16-5-3-4-13-8(17)6-16/h7H,3-6H2,1-2H3,(H,13,17)(H,12,14,15). The van der Waals surface area contributed by atoms with Gasteiger partial charge in [0.2, 0.25) is 11.7 Å². The number of carbonyl (C=O) groups is 1. The van der Waals surface area contributed by atoms with Crippen molar-refractivity contribution >= 4 is 17.5 Å². The number of anilines is 2. The minimum Gasteiger partial charge on any atom is -0.490 e. The second-order valence-electron chi connectivity index (χ2n) is 3.95. The maximum Gasteiger partial charge on any atom is 0.239 e. The van der Waals surface area contributed by atoms with E-state index >= 15 is 0 Å². The minimum atomic E-state index is -0.000766. The van der Waals surface area contributed by atoms with Crippen LogP contribution >= 0.6 is 0 Å². The van der Waals surface area contributed by atoms with Crippen LogP contribution in [0.4, 0.5) is 11.6 Å². The third kappa shape index (κ3) is 2.44. The molecule has 1 fully saturated rings. The lowest BCUT2D eigenvalue weighted by Gasteiger charge is -2.22. The first-order valence-electron chi connectivity index (χ1n) is 5.84. The molecule has 0 spiro atoms. The number of ether oxygens (including phenoxy) is 1. The van der Waals surface area contributed by atoms with Gasteiger partial charge in [-0.25, -0.2) is 9.97 Å². The van der Waals surface area contributed by atoms with Crippen molar-refractivity contribution in [1.29, 1.82) is 0 Å². The molecule has 0 aliphatic carbocycles. The van der Waals surface area contributed by atoms with E-state index in [-0.39, 0.29) is 12.5 Å². The Morgan fingerprint density at radius 1 is 1.50 bits per heavy atom. The Kier molecular flexibility index (Phi) is 3.81. The van der Waals surface area contributed by atoms with Crippen molar-refractivity contribution in [1.82, 2.24) is 15.3 Å². The van der Waals surface area contributed by atoms with E-state index in [0.717, 1.165) is 13.0 Å². The molecule has 1 aliphatic heterocycles. The van der Waals surface area contributed by atoms with Gasteiger partial charge in [0.1, 0.15) is 6.33 Å². The van der Waals surface area contributed by atoms with Gasteiger partial charge < -0.3 is 20.3 Å². The topological polar surface area (TPSA) is 79.4 Å². The number of nitrogens with one attached hydrogen (secondary N) is 2. The molecular weight excluding hydrogens is 234 g/mol. The molecule has 0 aromatic carbocycles. The molecule has 2 rings (SSSR count). The third-order valence-electron chi connectivity index (χ3n) is 2.79. The first-order chi connectivity index (χ1) is 8.76. The van der Waals surface area contributed by atoms with Crippen molar-refractivity contribution in [3.8, 4) is 5.75 Å². The van der Waals surface area contributed by atoms with E-state index < -0.39 is 0 Å². The van der Waals surface area contributed by atoms with Crippen LogP contribution < -0.4 is 20.3 Å². The Morgan fingerprint density at radius 2 is 2.33 bits per heavy atom. The summed E-state index contributed by atoms with van der Waals surface area (Å²) in [4.78, 5) is 21.8. The fraction of sp³-hybridized carbons (Fsp3) is 0.545. The first-order valence-corrected chi connectivity index (χ1v) is 5.84. The van der Waals surface area contributed by atoms with Gasteiger partial charge in [-0.3, -0.25) is 4.79 Å². The summed E-state index contributed by atoms with van der Waals surface area (Å²) in [5.41, 5.74) is 0. The highest BCUT2D eigenvalue weighted by Crippen LogP contribution is 2.31. The number of aromatic nitrogens is 2. The molecule has 0 unspecified atom stereocenters. The molecule has 1 saturated heterocycles. The van der Waals surface area contributed by atoms with Crippen LogP contribution in [0.5, 0.6) is 5.75 Å². The summed E-state index contributed by atoms with van der Waals surface area (Å²) < 4.78 is 5.34. The third-order valence-corrected chi connectivity index (χ3v) is 2.79. The fourth-order valence-electron chi connectivity index (χ4n) is 1.94. The summed E-state index contributed by atoms with van der Waals surface area (Å²) in [7, 11) is 3.34. The summed E-state index contributed by atoms with van der Waals surface area (Å²) >= 11 is 0. The highest BCUT2D eigenvalue weighted by atomic mass is 16.5. The predicted octanol–water partition coefficient (Wildman–Crippen LogP) is -0.147. The van der Waals surface area contributed by atoms with Crippen LogP contribution in [-0.2, 0) is 4.79 Å². The molecule has 0 atom stereocenters. The van der Waals surface area contributed by atoms with Gasteiger partial charge in [-0.1, -0.05) is 0 Å². The van der Waals surface area contributed by atoms with Gasteiger partial charge in [-0.05, 0) is 6.42 Å². The van der Waals surface area contributed by atoms with E-state index in [1.165, 1.54) is 6.33 Å². The Labute approximate surface area is 106 Å². The van der Waals surface area contributed by atoms with E-state index in [1.807, 2.05) is 4.90 Å². The van der Waals surface area contributed by atoms with Gasteiger partial charge in [0.05, 0.1) is 13.7 Å². The monoisotopic (exact) mass is 251 g/mol. The molecule has 1 aliphatic rings.